The van der Waals surface area contributed by atoms with E-state index >= 15 is 0 Å². The lowest BCUT2D eigenvalue weighted by Crippen LogP contribution is -2.35. The van der Waals surface area contributed by atoms with Crippen molar-refractivity contribution in [2.75, 3.05) is 45.2 Å². The van der Waals surface area contributed by atoms with Crippen LogP contribution < -0.4 is 5.32 Å². The summed E-state index contributed by atoms with van der Waals surface area (Å²) in [5.74, 6) is 0. The molecule has 1 aromatic rings. The van der Waals surface area contributed by atoms with Crippen molar-refractivity contribution in [1.29, 1.82) is 0 Å². The van der Waals surface area contributed by atoms with E-state index < -0.39 is 0 Å². The molecule has 1 aromatic carbocycles. The molecule has 0 radical (unpaired) electrons. The van der Waals surface area contributed by atoms with E-state index in [9.17, 15) is 0 Å². The molecular formula is C13H20N2O. The molecule has 0 spiro atoms. The normalized spacial score (nSPS) is 17.1. The molecule has 3 heteroatoms. The zero-order valence-corrected chi connectivity index (χ0v) is 9.91. The molecule has 1 N–H and O–H groups in total. The topological polar surface area (TPSA) is 24.5 Å². The van der Waals surface area contributed by atoms with Crippen LogP contribution in [0.1, 0.15) is 5.56 Å². The van der Waals surface area contributed by atoms with Gasteiger partial charge < -0.3 is 10.1 Å². The molecule has 1 heterocycles. The summed E-state index contributed by atoms with van der Waals surface area (Å²) >= 11 is 0. The summed E-state index contributed by atoms with van der Waals surface area (Å²) in [7, 11) is 1.76. The predicted octanol–water partition coefficient (Wildman–Crippen LogP) is 1.60. The van der Waals surface area contributed by atoms with Crippen LogP contribution in [0, 0.1) is 0 Å². The van der Waals surface area contributed by atoms with Crippen molar-refractivity contribution in [2.24, 2.45) is 0 Å². The highest BCUT2D eigenvalue weighted by molar-refractivity contribution is 5.51. The second kappa shape index (κ2) is 5.87. The zero-order chi connectivity index (χ0) is 11.2. The maximum Gasteiger partial charge on any atom is 0.0589 e. The molecule has 0 aliphatic carbocycles. The summed E-state index contributed by atoms with van der Waals surface area (Å²) in [4.78, 5) is 2.45. The van der Waals surface area contributed by atoms with E-state index in [1.165, 1.54) is 11.3 Å². The van der Waals surface area contributed by atoms with Crippen molar-refractivity contribution in [2.45, 2.75) is 6.42 Å². The molecular weight excluding hydrogens is 200 g/mol. The third-order valence-electron chi connectivity index (χ3n) is 3.07. The van der Waals surface area contributed by atoms with Crippen LogP contribution in [-0.4, -0.2) is 44.8 Å². The van der Waals surface area contributed by atoms with Gasteiger partial charge >= 0.3 is 0 Å². The lowest BCUT2D eigenvalue weighted by Gasteiger charge is -2.26. The number of nitrogens with zero attached hydrogens (tertiary/aromatic N) is 1. The maximum absolute atomic E-state index is 5.12. The first-order valence-corrected chi connectivity index (χ1v) is 5.93. The van der Waals surface area contributed by atoms with E-state index in [-0.39, 0.29) is 0 Å². The quantitative estimate of drug-likeness (QED) is 0.837. The monoisotopic (exact) mass is 220 g/mol. The molecule has 0 unspecified atom stereocenters. The summed E-state index contributed by atoms with van der Waals surface area (Å²) in [6, 6.07) is 8.58. The Morgan fingerprint density at radius 3 is 3.06 bits per heavy atom. The first kappa shape index (κ1) is 11.4. The van der Waals surface area contributed by atoms with Crippen molar-refractivity contribution >= 4 is 5.69 Å². The van der Waals surface area contributed by atoms with Gasteiger partial charge in [-0.2, -0.15) is 0 Å². The fourth-order valence-electron chi connectivity index (χ4n) is 2.09. The number of hydrogen-bond acceptors (Lipinski definition) is 3. The van der Waals surface area contributed by atoms with Gasteiger partial charge in [0.1, 0.15) is 0 Å². The highest BCUT2D eigenvalue weighted by atomic mass is 16.5. The molecule has 2 rings (SSSR count). The lowest BCUT2D eigenvalue weighted by molar-refractivity contribution is 0.150. The SMILES string of the molecule is COCCN1CCNc2ccccc2CC1. The van der Waals surface area contributed by atoms with Crippen LogP contribution in [0.25, 0.3) is 0 Å². The van der Waals surface area contributed by atoms with Crippen LogP contribution in [0.2, 0.25) is 0 Å². The largest absolute Gasteiger partial charge is 0.384 e. The van der Waals surface area contributed by atoms with E-state index in [0.717, 1.165) is 39.2 Å². The molecule has 0 saturated carbocycles. The van der Waals surface area contributed by atoms with E-state index in [0.29, 0.717) is 0 Å². The van der Waals surface area contributed by atoms with Gasteiger partial charge in [-0.1, -0.05) is 18.2 Å². The van der Waals surface area contributed by atoms with Crippen molar-refractivity contribution in [3.8, 4) is 0 Å². The Labute approximate surface area is 97.4 Å². The molecule has 0 saturated heterocycles. The Bertz CT molecular complexity index is 327. The minimum atomic E-state index is 0.821. The van der Waals surface area contributed by atoms with E-state index in [2.05, 4.69) is 34.5 Å². The minimum absolute atomic E-state index is 0.821. The fourth-order valence-corrected chi connectivity index (χ4v) is 2.09. The lowest BCUT2D eigenvalue weighted by atomic mass is 10.1. The molecule has 1 aliphatic heterocycles. The summed E-state index contributed by atoms with van der Waals surface area (Å²) in [6.45, 7) is 5.09. The van der Waals surface area contributed by atoms with Gasteiger partial charge in [-0.3, -0.25) is 4.90 Å². The number of para-hydroxylation sites is 1. The summed E-state index contributed by atoms with van der Waals surface area (Å²) in [5.41, 5.74) is 2.72. The van der Waals surface area contributed by atoms with Crippen LogP contribution in [-0.2, 0) is 11.2 Å². The molecule has 16 heavy (non-hydrogen) atoms. The Hall–Kier alpha value is -1.06. The maximum atomic E-state index is 5.12. The first-order valence-electron chi connectivity index (χ1n) is 5.93. The standard InChI is InChI=1S/C13H20N2O/c1-16-11-10-15-8-6-12-4-2-3-5-13(12)14-7-9-15/h2-5,14H,6-11H2,1H3. The van der Waals surface area contributed by atoms with Gasteiger partial charge in [0.15, 0.2) is 0 Å². The fraction of sp³-hybridized carbons (Fsp3) is 0.538. The first-order chi connectivity index (χ1) is 7.90. The van der Waals surface area contributed by atoms with Crippen LogP contribution in [0.4, 0.5) is 5.69 Å². The molecule has 0 amide bonds. The number of benzene rings is 1. The number of rotatable bonds is 3. The molecule has 0 atom stereocenters. The van der Waals surface area contributed by atoms with Crippen LogP contribution in [0.15, 0.2) is 24.3 Å². The van der Waals surface area contributed by atoms with E-state index in [4.69, 9.17) is 4.74 Å². The number of nitrogens with one attached hydrogen (secondary N) is 1. The second-order valence-electron chi connectivity index (χ2n) is 4.17. The van der Waals surface area contributed by atoms with Gasteiger partial charge in [0.25, 0.3) is 0 Å². The second-order valence-corrected chi connectivity index (χ2v) is 4.17. The zero-order valence-electron chi connectivity index (χ0n) is 9.91. The van der Waals surface area contributed by atoms with E-state index in [1.54, 1.807) is 7.11 Å². The van der Waals surface area contributed by atoms with Gasteiger partial charge in [-0.05, 0) is 18.1 Å². The predicted molar refractivity (Wildman–Crippen MR) is 67.0 cm³/mol. The molecule has 1 aliphatic rings. The number of fused-ring (bicyclic) bond motifs is 1. The van der Waals surface area contributed by atoms with Crippen molar-refractivity contribution in [1.82, 2.24) is 4.90 Å². The Morgan fingerprint density at radius 2 is 2.19 bits per heavy atom. The van der Waals surface area contributed by atoms with Gasteiger partial charge in [-0.15, -0.1) is 0 Å². The minimum Gasteiger partial charge on any atom is -0.384 e. The van der Waals surface area contributed by atoms with Crippen molar-refractivity contribution < 1.29 is 4.74 Å². The van der Waals surface area contributed by atoms with Crippen molar-refractivity contribution in [3.05, 3.63) is 29.8 Å². The molecule has 88 valence electrons. The summed E-state index contributed by atoms with van der Waals surface area (Å²) in [5, 5.41) is 3.49. The van der Waals surface area contributed by atoms with Gasteiger partial charge in [0, 0.05) is 39.0 Å². The average molecular weight is 220 g/mol. The van der Waals surface area contributed by atoms with Crippen LogP contribution in [0.5, 0.6) is 0 Å². The molecule has 3 nitrogen and oxygen atoms in total. The highest BCUT2D eigenvalue weighted by Gasteiger charge is 2.10. The van der Waals surface area contributed by atoms with E-state index in [1.807, 2.05) is 0 Å². The molecule has 0 fully saturated rings. The molecule has 0 aromatic heterocycles. The Balaban J connectivity index is 1.96. The number of hydrogen-bond donors (Lipinski definition) is 1. The number of anilines is 1. The van der Waals surface area contributed by atoms with Crippen LogP contribution in [0.3, 0.4) is 0 Å². The summed E-state index contributed by atoms with van der Waals surface area (Å²) in [6.07, 6.45) is 1.12. The highest BCUT2D eigenvalue weighted by Crippen LogP contribution is 2.17. The Morgan fingerprint density at radius 1 is 1.31 bits per heavy atom. The summed E-state index contributed by atoms with van der Waals surface area (Å²) < 4.78 is 5.12. The van der Waals surface area contributed by atoms with Crippen LogP contribution >= 0.6 is 0 Å². The van der Waals surface area contributed by atoms with Crippen molar-refractivity contribution in [3.63, 3.8) is 0 Å². The number of methoxy groups -OCH3 is 1. The average Bonchev–Trinajstić information content (AvgIpc) is 2.29. The van der Waals surface area contributed by atoms with Gasteiger partial charge in [-0.25, -0.2) is 0 Å². The Kier molecular flexibility index (Phi) is 4.19. The third kappa shape index (κ3) is 2.97. The smallest absolute Gasteiger partial charge is 0.0589 e. The number of ether oxygens (including phenoxy) is 1. The molecule has 0 bridgehead atoms. The van der Waals surface area contributed by atoms with Gasteiger partial charge in [0.05, 0.1) is 6.61 Å². The van der Waals surface area contributed by atoms with Gasteiger partial charge in [0.2, 0.25) is 0 Å². The third-order valence-corrected chi connectivity index (χ3v) is 3.07.